The van der Waals surface area contributed by atoms with E-state index >= 15 is 0 Å². The van der Waals surface area contributed by atoms with Gasteiger partial charge in [0, 0.05) is 6.54 Å². The van der Waals surface area contributed by atoms with E-state index in [1.807, 2.05) is 0 Å². The van der Waals surface area contributed by atoms with E-state index in [2.05, 4.69) is 10.1 Å². The van der Waals surface area contributed by atoms with Crippen LogP contribution in [0, 0.1) is 0 Å². The summed E-state index contributed by atoms with van der Waals surface area (Å²) in [5.74, 6) is -4.78. The van der Waals surface area contributed by atoms with E-state index in [0.29, 0.717) is 0 Å². The molecule has 1 heterocycles. The number of alkyl halides is 6. The maximum atomic E-state index is 12.7. The third-order valence-electron chi connectivity index (χ3n) is 2.27. The van der Waals surface area contributed by atoms with Crippen molar-refractivity contribution in [3.05, 3.63) is 0 Å². The Bertz CT molecular complexity index is 479. The van der Waals surface area contributed by atoms with Crippen LogP contribution in [0.4, 0.5) is 26.3 Å². The van der Waals surface area contributed by atoms with E-state index in [-0.39, 0.29) is 6.54 Å². The van der Waals surface area contributed by atoms with E-state index in [1.165, 1.54) is 0 Å². The number of esters is 1. The van der Waals surface area contributed by atoms with Gasteiger partial charge in [-0.2, -0.15) is 34.8 Å². The van der Waals surface area contributed by atoms with Crippen LogP contribution in [0.5, 0.6) is 0 Å². The lowest BCUT2D eigenvalue weighted by atomic mass is 10.1. The number of ether oxygens (including phenoxy) is 1. The van der Waals surface area contributed by atoms with Crippen molar-refractivity contribution >= 4 is 16.1 Å². The summed E-state index contributed by atoms with van der Waals surface area (Å²) in [4.78, 5) is 11.0. The van der Waals surface area contributed by atoms with Crippen LogP contribution in [-0.4, -0.2) is 55.2 Å². The van der Waals surface area contributed by atoms with E-state index in [0.717, 1.165) is 0 Å². The van der Waals surface area contributed by atoms with E-state index in [9.17, 15) is 39.6 Å². The SMILES string of the molecule is O=C(OC(CS(=O)(=O)O)(C(F)(F)F)C(F)(F)F)C1CN1. The number of carbonyl (C=O) groups is 1. The molecule has 20 heavy (non-hydrogen) atoms. The van der Waals surface area contributed by atoms with Crippen LogP contribution in [0.1, 0.15) is 0 Å². The van der Waals surface area contributed by atoms with E-state index in [1.54, 1.807) is 0 Å². The van der Waals surface area contributed by atoms with Crippen LogP contribution in [0.15, 0.2) is 0 Å². The molecular formula is C7H7F6NO5S. The zero-order chi connectivity index (χ0) is 16.0. The molecule has 0 bridgehead atoms. The van der Waals surface area contributed by atoms with Gasteiger partial charge in [-0.1, -0.05) is 0 Å². The third-order valence-corrected chi connectivity index (χ3v) is 3.04. The van der Waals surface area contributed by atoms with Gasteiger partial charge in [0.2, 0.25) is 0 Å². The Balaban J connectivity index is 3.29. The van der Waals surface area contributed by atoms with Gasteiger partial charge in [0.25, 0.3) is 10.1 Å². The van der Waals surface area contributed by atoms with Gasteiger partial charge >= 0.3 is 23.9 Å². The van der Waals surface area contributed by atoms with Crippen molar-refractivity contribution in [2.75, 3.05) is 12.3 Å². The minimum absolute atomic E-state index is 0.198. The van der Waals surface area contributed by atoms with Gasteiger partial charge in [0.15, 0.2) is 0 Å². The standard InChI is InChI=1S/C7H7F6NO5S/c8-6(9,10)5(7(11,12)13,2-20(16,17)18)19-4(15)3-1-14-3/h3,14H,1-2H2,(H,16,17,18). The molecule has 2 N–H and O–H groups in total. The molecule has 1 saturated heterocycles. The maximum absolute atomic E-state index is 12.7. The van der Waals surface area contributed by atoms with Gasteiger partial charge in [-0.05, 0) is 0 Å². The molecule has 0 amide bonds. The highest BCUT2D eigenvalue weighted by atomic mass is 32.2. The molecule has 1 rings (SSSR count). The predicted molar refractivity (Wildman–Crippen MR) is 49.1 cm³/mol. The van der Waals surface area contributed by atoms with Crippen LogP contribution < -0.4 is 5.32 Å². The van der Waals surface area contributed by atoms with Crippen LogP contribution >= 0.6 is 0 Å². The van der Waals surface area contributed by atoms with Crippen molar-refractivity contribution in [1.82, 2.24) is 5.32 Å². The second-order valence-electron chi connectivity index (χ2n) is 3.93. The number of carbonyl (C=O) groups excluding carboxylic acids is 1. The molecule has 118 valence electrons. The Morgan fingerprint density at radius 1 is 1.20 bits per heavy atom. The quantitative estimate of drug-likeness (QED) is 0.331. The highest BCUT2D eigenvalue weighted by Crippen LogP contribution is 2.47. The average Bonchev–Trinajstić information content (AvgIpc) is 2.92. The third kappa shape index (κ3) is 3.52. The molecule has 1 aliphatic heterocycles. The van der Waals surface area contributed by atoms with Crippen molar-refractivity contribution in [3.8, 4) is 0 Å². The highest BCUT2D eigenvalue weighted by Gasteiger charge is 2.76. The zero-order valence-electron chi connectivity index (χ0n) is 9.25. The number of hydrogen-bond acceptors (Lipinski definition) is 5. The fraction of sp³-hybridized carbons (Fsp3) is 0.857. The van der Waals surface area contributed by atoms with Gasteiger partial charge in [0.1, 0.15) is 11.8 Å². The Hall–Kier alpha value is -1.08. The van der Waals surface area contributed by atoms with Gasteiger partial charge < -0.3 is 10.1 Å². The summed E-state index contributed by atoms with van der Waals surface area (Å²) in [6.07, 6.45) is -12.6. The fourth-order valence-electron chi connectivity index (χ4n) is 1.19. The molecule has 1 atom stereocenters. The van der Waals surface area contributed by atoms with Gasteiger partial charge in [-0.15, -0.1) is 0 Å². The molecule has 0 aliphatic carbocycles. The Morgan fingerprint density at radius 3 is 1.85 bits per heavy atom. The van der Waals surface area contributed by atoms with Crippen molar-refractivity contribution in [2.24, 2.45) is 0 Å². The van der Waals surface area contributed by atoms with Crippen molar-refractivity contribution in [1.29, 1.82) is 0 Å². The number of halogens is 6. The fourth-order valence-corrected chi connectivity index (χ4v) is 2.09. The molecule has 0 aromatic heterocycles. The normalized spacial score (nSPS) is 20.6. The van der Waals surface area contributed by atoms with E-state index in [4.69, 9.17) is 4.55 Å². The molecule has 0 aromatic carbocycles. The van der Waals surface area contributed by atoms with Gasteiger partial charge in [0.05, 0.1) is 0 Å². The minimum atomic E-state index is -6.29. The highest BCUT2D eigenvalue weighted by molar-refractivity contribution is 7.85. The lowest BCUT2D eigenvalue weighted by Gasteiger charge is -2.35. The van der Waals surface area contributed by atoms with Crippen LogP contribution in [0.3, 0.4) is 0 Å². The first-order chi connectivity index (χ1) is 8.70. The minimum Gasteiger partial charge on any atom is -0.437 e. The molecule has 6 nitrogen and oxygen atoms in total. The lowest BCUT2D eigenvalue weighted by molar-refractivity contribution is -0.361. The Labute approximate surface area is 107 Å². The number of hydrogen-bond donors (Lipinski definition) is 2. The Morgan fingerprint density at radius 2 is 1.60 bits per heavy atom. The summed E-state index contributed by atoms with van der Waals surface area (Å²) in [7, 11) is -5.74. The first-order valence-corrected chi connectivity index (χ1v) is 6.35. The van der Waals surface area contributed by atoms with Crippen LogP contribution in [-0.2, 0) is 19.6 Å². The number of nitrogens with one attached hydrogen (secondary N) is 1. The van der Waals surface area contributed by atoms with E-state index < -0.39 is 45.8 Å². The monoisotopic (exact) mass is 331 g/mol. The summed E-state index contributed by atoms with van der Waals surface area (Å²) < 4.78 is 109. The van der Waals surface area contributed by atoms with Gasteiger partial charge in [-0.25, -0.2) is 0 Å². The molecule has 1 aliphatic rings. The molecule has 1 unspecified atom stereocenters. The molecule has 13 heteroatoms. The first-order valence-electron chi connectivity index (χ1n) is 4.74. The smallest absolute Gasteiger partial charge is 0.437 e. The molecular weight excluding hydrogens is 324 g/mol. The maximum Gasteiger partial charge on any atom is 0.438 e. The zero-order valence-corrected chi connectivity index (χ0v) is 10.1. The second-order valence-corrected chi connectivity index (χ2v) is 5.38. The molecule has 0 radical (unpaired) electrons. The van der Waals surface area contributed by atoms with Crippen LogP contribution in [0.2, 0.25) is 0 Å². The molecule has 1 fully saturated rings. The summed E-state index contributed by atoms with van der Waals surface area (Å²) in [6.45, 7) is -0.198. The summed E-state index contributed by atoms with van der Waals surface area (Å²) in [5, 5.41) is 2.10. The predicted octanol–water partition coefficient (Wildman–Crippen LogP) is 0.253. The van der Waals surface area contributed by atoms with Gasteiger partial charge in [-0.3, -0.25) is 9.35 Å². The summed E-state index contributed by atoms with van der Waals surface area (Å²) in [5.41, 5.74) is -5.32. The van der Waals surface area contributed by atoms with Crippen molar-refractivity contribution < 1.29 is 48.8 Å². The largest absolute Gasteiger partial charge is 0.438 e. The second kappa shape index (κ2) is 4.73. The number of rotatable bonds is 4. The lowest BCUT2D eigenvalue weighted by Crippen LogP contribution is -2.63. The average molecular weight is 331 g/mol. The first kappa shape index (κ1) is 17.0. The van der Waals surface area contributed by atoms with Crippen molar-refractivity contribution in [2.45, 2.75) is 24.0 Å². The molecule has 0 aromatic rings. The molecule has 0 saturated carbocycles. The van der Waals surface area contributed by atoms with Crippen LogP contribution in [0.25, 0.3) is 0 Å². The summed E-state index contributed by atoms with van der Waals surface area (Å²) >= 11 is 0. The Kier molecular flexibility index (Phi) is 4.02. The molecule has 0 spiro atoms. The topological polar surface area (TPSA) is 103 Å². The van der Waals surface area contributed by atoms with Crippen molar-refractivity contribution in [3.63, 3.8) is 0 Å². The summed E-state index contributed by atoms with van der Waals surface area (Å²) in [6, 6.07) is -1.37.